The summed E-state index contributed by atoms with van der Waals surface area (Å²) in [5, 5.41) is 24.8. The van der Waals surface area contributed by atoms with E-state index in [1.165, 1.54) is 6.42 Å². The van der Waals surface area contributed by atoms with Crippen molar-refractivity contribution in [2.24, 2.45) is 28.6 Å². The van der Waals surface area contributed by atoms with Crippen molar-refractivity contribution in [1.82, 2.24) is 0 Å². The molecule has 8 rings (SSSR count). The van der Waals surface area contributed by atoms with Gasteiger partial charge in [0.1, 0.15) is 19.0 Å². The monoisotopic (exact) mass is 614 g/mol. The maximum absolute atomic E-state index is 13.2. The highest BCUT2D eigenvalue weighted by atomic mass is 16.8. The van der Waals surface area contributed by atoms with Gasteiger partial charge in [-0.3, -0.25) is 0 Å². The Morgan fingerprint density at radius 3 is 2.50 bits per heavy atom. The molecule has 5 saturated carbocycles. The first-order valence-electron chi connectivity index (χ1n) is 17.5. The Hall–Kier alpha value is -1.36. The summed E-state index contributed by atoms with van der Waals surface area (Å²) in [6.07, 6.45) is 13.4. The van der Waals surface area contributed by atoms with Crippen molar-refractivity contribution in [2.75, 3.05) is 6.61 Å². The average molecular weight is 615 g/mol. The SMILES string of the molecule is C[C@@H]1O[C@H](O[C@@H]2CC[C@]3(C=O)[C@@H]4CC[C@]5(C)[C@H](C6=CC(=O)OC6)CC[C@]5(O)[C@@H]4CC[C@]3(O)C2)C[C@@H]2OC3(CCCCC3)O[C@H]12. The zero-order valence-electron chi connectivity index (χ0n) is 26.3. The van der Waals surface area contributed by atoms with E-state index in [2.05, 4.69) is 6.92 Å². The fourth-order valence-electron chi connectivity index (χ4n) is 11.9. The van der Waals surface area contributed by atoms with Crippen molar-refractivity contribution in [3.8, 4) is 0 Å². The van der Waals surface area contributed by atoms with Gasteiger partial charge < -0.3 is 38.7 Å². The second-order valence-corrected chi connectivity index (χ2v) is 16.0. The second kappa shape index (κ2) is 10.3. The van der Waals surface area contributed by atoms with E-state index in [0.29, 0.717) is 51.6 Å². The molecule has 0 aromatic carbocycles. The molecule has 3 heterocycles. The van der Waals surface area contributed by atoms with Crippen LogP contribution in [0.1, 0.15) is 110 Å². The number of cyclic esters (lactones) is 1. The number of aldehydes is 1. The molecule has 3 aliphatic heterocycles. The van der Waals surface area contributed by atoms with E-state index in [9.17, 15) is 19.8 Å². The number of fused-ring (bicyclic) bond motifs is 6. The maximum Gasteiger partial charge on any atom is 0.331 e. The number of hydrogen-bond donors (Lipinski definition) is 2. The minimum Gasteiger partial charge on any atom is -0.458 e. The van der Waals surface area contributed by atoms with Crippen LogP contribution in [0.15, 0.2) is 11.6 Å². The number of carbonyl (C=O) groups excluding carboxylic acids is 2. The molecule has 0 aromatic rings. The maximum atomic E-state index is 13.2. The Morgan fingerprint density at radius 2 is 1.75 bits per heavy atom. The molecule has 12 atom stereocenters. The highest BCUT2D eigenvalue weighted by Crippen LogP contribution is 2.70. The van der Waals surface area contributed by atoms with Crippen molar-refractivity contribution in [2.45, 2.75) is 158 Å². The minimum atomic E-state index is -1.18. The van der Waals surface area contributed by atoms with Gasteiger partial charge in [-0.2, -0.15) is 0 Å². The Morgan fingerprint density at radius 1 is 0.955 bits per heavy atom. The predicted molar refractivity (Wildman–Crippen MR) is 157 cm³/mol. The largest absolute Gasteiger partial charge is 0.458 e. The van der Waals surface area contributed by atoms with Gasteiger partial charge >= 0.3 is 5.97 Å². The normalized spacial score (nSPS) is 52.8. The highest BCUT2D eigenvalue weighted by molar-refractivity contribution is 5.85. The Balaban J connectivity index is 0.971. The van der Waals surface area contributed by atoms with Gasteiger partial charge in [0.2, 0.25) is 0 Å². The van der Waals surface area contributed by atoms with Gasteiger partial charge in [0.15, 0.2) is 12.1 Å². The van der Waals surface area contributed by atoms with Gasteiger partial charge in [0.05, 0.1) is 34.9 Å². The zero-order valence-corrected chi connectivity index (χ0v) is 26.3. The van der Waals surface area contributed by atoms with E-state index >= 15 is 0 Å². The standard InChI is InChI=1S/C35H50O9/c1-21-30-27(43-34(44-30)10-4-3-5-11-34)17-29(41-21)42-23-6-13-32(20-36)25-7-12-31(2)24(22-16-28(37)40-19-22)9-15-35(31,39)26(25)8-14-33(32,38)18-23/h16,20-21,23-27,29-30,38-39H,3-15,17-19H2,1-2H3/t21-,23+,24-,25+,26+,27-,29+,30+,31+,32-,33-,35-/m0/s1. The summed E-state index contributed by atoms with van der Waals surface area (Å²) in [6, 6.07) is 0. The smallest absolute Gasteiger partial charge is 0.331 e. The quantitative estimate of drug-likeness (QED) is 0.268. The number of esters is 1. The third-order valence-electron chi connectivity index (χ3n) is 14.1. The number of hydrogen-bond acceptors (Lipinski definition) is 9. The van der Waals surface area contributed by atoms with Crippen molar-refractivity contribution < 1.29 is 43.5 Å². The lowest BCUT2D eigenvalue weighted by atomic mass is 9.41. The molecule has 2 saturated heterocycles. The van der Waals surface area contributed by atoms with E-state index in [0.717, 1.165) is 56.8 Å². The molecule has 1 spiro atoms. The first-order valence-corrected chi connectivity index (χ1v) is 17.5. The van der Waals surface area contributed by atoms with E-state index in [1.807, 2.05) is 6.92 Å². The summed E-state index contributed by atoms with van der Waals surface area (Å²) in [4.78, 5) is 25.1. The molecule has 0 bridgehead atoms. The van der Waals surface area contributed by atoms with Crippen LogP contribution in [0, 0.1) is 28.6 Å². The van der Waals surface area contributed by atoms with E-state index < -0.39 is 28.7 Å². The lowest BCUT2D eigenvalue weighted by molar-refractivity contribution is -0.278. The number of carbonyl (C=O) groups is 2. The van der Waals surface area contributed by atoms with Gasteiger partial charge in [-0.1, -0.05) is 13.3 Å². The van der Waals surface area contributed by atoms with Gasteiger partial charge in [0, 0.05) is 37.2 Å². The van der Waals surface area contributed by atoms with Crippen LogP contribution in [0.25, 0.3) is 0 Å². The minimum absolute atomic E-state index is 0.0600. The fraction of sp³-hybridized carbons (Fsp3) is 0.886. The lowest BCUT2D eigenvalue weighted by Gasteiger charge is -2.65. The van der Waals surface area contributed by atoms with E-state index in [4.69, 9.17) is 23.7 Å². The second-order valence-electron chi connectivity index (χ2n) is 16.0. The van der Waals surface area contributed by atoms with Crippen molar-refractivity contribution in [1.29, 1.82) is 0 Å². The van der Waals surface area contributed by atoms with Crippen LogP contribution in [0.3, 0.4) is 0 Å². The van der Waals surface area contributed by atoms with Crippen LogP contribution in [0.4, 0.5) is 0 Å². The molecule has 44 heavy (non-hydrogen) atoms. The summed E-state index contributed by atoms with van der Waals surface area (Å²) in [6.45, 7) is 4.52. The van der Waals surface area contributed by atoms with Crippen LogP contribution >= 0.6 is 0 Å². The molecule has 2 N–H and O–H groups in total. The molecular weight excluding hydrogens is 564 g/mol. The summed E-state index contributed by atoms with van der Waals surface area (Å²) in [5.41, 5.74) is -2.42. The summed E-state index contributed by atoms with van der Waals surface area (Å²) >= 11 is 0. The molecule has 9 heteroatoms. The Kier molecular flexibility index (Phi) is 7.04. The number of rotatable bonds is 4. The summed E-state index contributed by atoms with van der Waals surface area (Å²) in [7, 11) is 0. The molecule has 9 nitrogen and oxygen atoms in total. The first-order chi connectivity index (χ1) is 21.0. The Labute approximate surface area is 260 Å². The fourth-order valence-corrected chi connectivity index (χ4v) is 11.9. The van der Waals surface area contributed by atoms with Crippen molar-refractivity contribution in [3.63, 3.8) is 0 Å². The molecule has 0 amide bonds. The molecule has 0 unspecified atom stereocenters. The van der Waals surface area contributed by atoms with Crippen LogP contribution < -0.4 is 0 Å². The molecule has 8 aliphatic rings. The van der Waals surface area contributed by atoms with E-state index in [1.54, 1.807) is 6.08 Å². The average Bonchev–Trinajstić information content (AvgIpc) is 3.66. The Bertz CT molecular complexity index is 1210. The number of ether oxygens (including phenoxy) is 5. The lowest BCUT2D eigenvalue weighted by Crippen LogP contribution is -2.69. The van der Waals surface area contributed by atoms with Gasteiger partial charge in [-0.25, -0.2) is 4.79 Å². The molecule has 0 aromatic heterocycles. The third kappa shape index (κ3) is 4.18. The van der Waals surface area contributed by atoms with Crippen LogP contribution in [0.2, 0.25) is 0 Å². The van der Waals surface area contributed by atoms with Crippen LogP contribution in [-0.2, 0) is 33.3 Å². The molecule has 244 valence electrons. The first kappa shape index (κ1) is 30.0. The van der Waals surface area contributed by atoms with Crippen LogP contribution in [-0.4, -0.2) is 76.8 Å². The third-order valence-corrected chi connectivity index (χ3v) is 14.1. The van der Waals surface area contributed by atoms with Gasteiger partial charge in [0.25, 0.3) is 0 Å². The molecule has 0 radical (unpaired) electrons. The summed E-state index contributed by atoms with van der Waals surface area (Å²) in [5.74, 6) is -0.828. The van der Waals surface area contributed by atoms with Crippen molar-refractivity contribution >= 4 is 12.3 Å². The van der Waals surface area contributed by atoms with Crippen LogP contribution in [0.5, 0.6) is 0 Å². The summed E-state index contributed by atoms with van der Waals surface area (Å²) < 4.78 is 31.2. The zero-order chi connectivity index (χ0) is 30.5. The number of aliphatic hydroxyl groups is 2. The molecule has 5 aliphatic carbocycles. The highest BCUT2D eigenvalue weighted by Gasteiger charge is 2.71. The molecule has 7 fully saturated rings. The van der Waals surface area contributed by atoms with E-state index in [-0.39, 0.29) is 53.6 Å². The van der Waals surface area contributed by atoms with Crippen molar-refractivity contribution in [3.05, 3.63) is 11.6 Å². The topological polar surface area (TPSA) is 121 Å². The predicted octanol–water partition coefficient (Wildman–Crippen LogP) is 4.50. The van der Waals surface area contributed by atoms with Gasteiger partial charge in [-0.05, 0) is 94.5 Å². The molecular formula is C35H50O9. The van der Waals surface area contributed by atoms with Gasteiger partial charge in [-0.15, -0.1) is 0 Å².